The first-order chi connectivity index (χ1) is 13.4. The highest BCUT2D eigenvalue weighted by atomic mass is 79.9. The number of sulfonamides is 1. The van der Waals surface area contributed by atoms with E-state index >= 15 is 0 Å². The van der Waals surface area contributed by atoms with Gasteiger partial charge < -0.3 is 14.8 Å². The number of halogens is 1. The van der Waals surface area contributed by atoms with Crippen molar-refractivity contribution in [2.24, 2.45) is 0 Å². The molecule has 1 aliphatic rings. The van der Waals surface area contributed by atoms with Gasteiger partial charge >= 0.3 is 0 Å². The summed E-state index contributed by atoms with van der Waals surface area (Å²) in [6.45, 7) is 3.27. The standard InChI is InChI=1S/C19H21BrN2O5S/c1-14-2-7-18(17(20)12-14)27-13-19(23)21-15-3-5-16(6-4-15)28(24,25)22-8-10-26-11-9-22/h2-7,12H,8-11,13H2,1H3,(H,21,23). The fraction of sp³-hybridized carbons (Fsp3) is 0.316. The molecule has 7 nitrogen and oxygen atoms in total. The summed E-state index contributed by atoms with van der Waals surface area (Å²) >= 11 is 3.40. The van der Waals surface area contributed by atoms with Gasteiger partial charge in [0.25, 0.3) is 5.91 Å². The molecule has 1 amide bonds. The SMILES string of the molecule is Cc1ccc(OCC(=O)Nc2ccc(S(=O)(=O)N3CCOCC3)cc2)c(Br)c1. The topological polar surface area (TPSA) is 84.9 Å². The number of aryl methyl sites for hydroxylation is 1. The molecule has 1 N–H and O–H groups in total. The summed E-state index contributed by atoms with van der Waals surface area (Å²) in [4.78, 5) is 12.3. The van der Waals surface area contributed by atoms with Gasteiger partial charge in [-0.3, -0.25) is 4.79 Å². The van der Waals surface area contributed by atoms with Crippen molar-refractivity contribution in [1.29, 1.82) is 0 Å². The molecule has 3 rings (SSSR count). The Morgan fingerprint density at radius 1 is 1.18 bits per heavy atom. The number of benzene rings is 2. The van der Waals surface area contributed by atoms with Crippen LogP contribution in [0, 0.1) is 6.92 Å². The molecule has 0 saturated carbocycles. The minimum atomic E-state index is -3.55. The van der Waals surface area contributed by atoms with Gasteiger partial charge in [-0.2, -0.15) is 4.31 Å². The van der Waals surface area contributed by atoms with E-state index in [1.165, 1.54) is 16.4 Å². The smallest absolute Gasteiger partial charge is 0.262 e. The second kappa shape index (κ2) is 9.04. The molecule has 0 aliphatic carbocycles. The van der Waals surface area contributed by atoms with E-state index in [2.05, 4.69) is 21.2 Å². The van der Waals surface area contributed by atoms with Gasteiger partial charge in [-0.25, -0.2) is 8.42 Å². The molecular weight excluding hydrogens is 448 g/mol. The predicted octanol–water partition coefficient (Wildman–Crippen LogP) is 2.80. The molecule has 150 valence electrons. The van der Waals surface area contributed by atoms with Gasteiger partial charge in [0.15, 0.2) is 6.61 Å². The quantitative estimate of drug-likeness (QED) is 0.704. The number of anilines is 1. The van der Waals surface area contributed by atoms with Gasteiger partial charge in [0.05, 0.1) is 22.6 Å². The Morgan fingerprint density at radius 3 is 2.50 bits per heavy atom. The largest absolute Gasteiger partial charge is 0.483 e. The van der Waals surface area contributed by atoms with Crippen molar-refractivity contribution in [2.75, 3.05) is 38.2 Å². The molecule has 28 heavy (non-hydrogen) atoms. The third-order valence-electron chi connectivity index (χ3n) is 4.19. The van der Waals surface area contributed by atoms with E-state index in [-0.39, 0.29) is 17.4 Å². The van der Waals surface area contributed by atoms with Gasteiger partial charge in [-0.15, -0.1) is 0 Å². The molecule has 0 bridgehead atoms. The van der Waals surface area contributed by atoms with Crippen LogP contribution in [0.2, 0.25) is 0 Å². The number of nitrogens with one attached hydrogen (secondary N) is 1. The number of hydrogen-bond acceptors (Lipinski definition) is 5. The lowest BCUT2D eigenvalue weighted by molar-refractivity contribution is -0.118. The molecule has 0 aromatic heterocycles. The van der Waals surface area contributed by atoms with Gasteiger partial charge in [-0.05, 0) is 64.8 Å². The van der Waals surface area contributed by atoms with E-state index in [1.54, 1.807) is 18.2 Å². The van der Waals surface area contributed by atoms with Crippen molar-refractivity contribution in [3.63, 3.8) is 0 Å². The number of rotatable bonds is 6. The number of carbonyl (C=O) groups is 1. The number of amides is 1. The van der Waals surface area contributed by atoms with Gasteiger partial charge in [0.1, 0.15) is 5.75 Å². The van der Waals surface area contributed by atoms with Gasteiger partial charge in [0, 0.05) is 18.8 Å². The number of hydrogen-bond donors (Lipinski definition) is 1. The second-order valence-electron chi connectivity index (χ2n) is 6.31. The molecule has 9 heteroatoms. The fourth-order valence-corrected chi connectivity index (χ4v) is 4.73. The van der Waals surface area contributed by atoms with E-state index < -0.39 is 10.0 Å². The highest BCUT2D eigenvalue weighted by Gasteiger charge is 2.26. The first-order valence-electron chi connectivity index (χ1n) is 8.73. The minimum absolute atomic E-state index is 0.157. The average Bonchev–Trinajstić information content (AvgIpc) is 2.68. The highest BCUT2D eigenvalue weighted by Crippen LogP contribution is 2.25. The van der Waals surface area contributed by atoms with Crippen LogP contribution in [0.3, 0.4) is 0 Å². The Morgan fingerprint density at radius 2 is 1.86 bits per heavy atom. The minimum Gasteiger partial charge on any atom is -0.483 e. The Kier molecular flexibility index (Phi) is 6.71. The van der Waals surface area contributed by atoms with Crippen LogP contribution in [-0.4, -0.2) is 51.5 Å². The zero-order chi connectivity index (χ0) is 20.1. The lowest BCUT2D eigenvalue weighted by Crippen LogP contribution is -2.40. The molecule has 0 radical (unpaired) electrons. The van der Waals surface area contributed by atoms with E-state index in [4.69, 9.17) is 9.47 Å². The van der Waals surface area contributed by atoms with Crippen molar-refractivity contribution in [2.45, 2.75) is 11.8 Å². The number of ether oxygens (including phenoxy) is 2. The maximum absolute atomic E-state index is 12.6. The van der Waals surface area contributed by atoms with Crippen LogP contribution in [0.5, 0.6) is 5.75 Å². The van der Waals surface area contributed by atoms with Crippen LogP contribution in [0.15, 0.2) is 51.8 Å². The van der Waals surface area contributed by atoms with Crippen molar-refractivity contribution >= 4 is 37.5 Å². The maximum Gasteiger partial charge on any atom is 0.262 e. The van der Waals surface area contributed by atoms with Crippen molar-refractivity contribution in [1.82, 2.24) is 4.31 Å². The highest BCUT2D eigenvalue weighted by molar-refractivity contribution is 9.10. The predicted molar refractivity (Wildman–Crippen MR) is 109 cm³/mol. The summed E-state index contributed by atoms with van der Waals surface area (Å²) < 4.78 is 38.1. The first-order valence-corrected chi connectivity index (χ1v) is 11.0. The van der Waals surface area contributed by atoms with E-state index in [0.29, 0.717) is 37.7 Å². The Bertz CT molecular complexity index is 941. The monoisotopic (exact) mass is 468 g/mol. The molecule has 0 atom stereocenters. The molecule has 2 aromatic rings. The van der Waals surface area contributed by atoms with Crippen LogP contribution < -0.4 is 10.1 Å². The zero-order valence-corrected chi connectivity index (χ0v) is 17.8. The van der Waals surface area contributed by atoms with E-state index in [1.807, 2.05) is 19.1 Å². The third-order valence-corrected chi connectivity index (χ3v) is 6.72. The normalized spacial score (nSPS) is 15.2. The lowest BCUT2D eigenvalue weighted by Gasteiger charge is -2.26. The molecule has 1 aliphatic heterocycles. The Hall–Kier alpha value is -1.94. The molecular formula is C19H21BrN2O5S. The van der Waals surface area contributed by atoms with E-state index in [0.717, 1.165) is 10.0 Å². The fourth-order valence-electron chi connectivity index (χ4n) is 2.71. The molecule has 0 spiro atoms. The number of carbonyl (C=O) groups excluding carboxylic acids is 1. The molecule has 0 unspecified atom stereocenters. The summed E-state index contributed by atoms with van der Waals surface area (Å²) in [7, 11) is -3.55. The molecule has 1 heterocycles. The van der Waals surface area contributed by atoms with Crippen LogP contribution >= 0.6 is 15.9 Å². The Balaban J connectivity index is 1.58. The third kappa shape index (κ3) is 5.11. The van der Waals surface area contributed by atoms with Gasteiger partial charge in [0.2, 0.25) is 10.0 Å². The summed E-state index contributed by atoms with van der Waals surface area (Å²) in [6.07, 6.45) is 0. The molecule has 2 aromatic carbocycles. The first kappa shape index (κ1) is 20.8. The number of nitrogens with zero attached hydrogens (tertiary/aromatic N) is 1. The summed E-state index contributed by atoms with van der Waals surface area (Å²) in [6, 6.07) is 11.7. The van der Waals surface area contributed by atoms with Crippen molar-refractivity contribution < 1.29 is 22.7 Å². The second-order valence-corrected chi connectivity index (χ2v) is 9.10. The Labute approximate surface area is 172 Å². The summed E-state index contributed by atoms with van der Waals surface area (Å²) in [5.74, 6) is 0.240. The van der Waals surface area contributed by atoms with Crippen LogP contribution in [0.1, 0.15) is 5.56 Å². The van der Waals surface area contributed by atoms with Gasteiger partial charge in [-0.1, -0.05) is 6.07 Å². The van der Waals surface area contributed by atoms with E-state index in [9.17, 15) is 13.2 Å². The maximum atomic E-state index is 12.6. The lowest BCUT2D eigenvalue weighted by atomic mass is 10.2. The van der Waals surface area contributed by atoms with Crippen LogP contribution in [0.4, 0.5) is 5.69 Å². The molecule has 1 saturated heterocycles. The number of morpholine rings is 1. The van der Waals surface area contributed by atoms with Crippen molar-refractivity contribution in [3.8, 4) is 5.75 Å². The van der Waals surface area contributed by atoms with Crippen LogP contribution in [0.25, 0.3) is 0 Å². The van der Waals surface area contributed by atoms with Crippen molar-refractivity contribution in [3.05, 3.63) is 52.5 Å². The summed E-state index contributed by atoms with van der Waals surface area (Å²) in [5.41, 5.74) is 1.58. The zero-order valence-electron chi connectivity index (χ0n) is 15.4. The van der Waals surface area contributed by atoms with Crippen LogP contribution in [-0.2, 0) is 19.6 Å². The average molecular weight is 469 g/mol. The summed E-state index contributed by atoms with van der Waals surface area (Å²) in [5, 5.41) is 2.69. The molecule has 1 fully saturated rings.